The summed E-state index contributed by atoms with van der Waals surface area (Å²) in [5.41, 5.74) is 0.680. The monoisotopic (exact) mass is 425 g/mol. The molecule has 9 heteroatoms. The van der Waals surface area contributed by atoms with Crippen LogP contribution in [0.15, 0.2) is 23.1 Å². The predicted molar refractivity (Wildman–Crippen MR) is 109 cm³/mol. The van der Waals surface area contributed by atoms with E-state index in [0.717, 1.165) is 4.90 Å². The zero-order chi connectivity index (χ0) is 20.3. The van der Waals surface area contributed by atoms with Crippen molar-refractivity contribution in [2.45, 2.75) is 30.4 Å². The van der Waals surface area contributed by atoms with Crippen LogP contribution >= 0.6 is 23.4 Å². The smallest absolute Gasteiger partial charge is 0.409 e. The molecule has 3 amide bonds. The third-order valence-corrected chi connectivity index (χ3v) is 6.06. The third kappa shape index (κ3) is 5.11. The number of amides is 3. The maximum Gasteiger partial charge on any atom is 0.409 e. The lowest BCUT2D eigenvalue weighted by Gasteiger charge is -2.35. The highest BCUT2D eigenvalue weighted by Gasteiger charge is 2.32. The summed E-state index contributed by atoms with van der Waals surface area (Å²) >= 11 is 7.34. The van der Waals surface area contributed by atoms with Crippen LogP contribution in [-0.4, -0.2) is 65.7 Å². The lowest BCUT2D eigenvalue weighted by Crippen LogP contribution is -2.51. The summed E-state index contributed by atoms with van der Waals surface area (Å²) < 4.78 is 5.23. The van der Waals surface area contributed by atoms with Gasteiger partial charge in [0.25, 0.3) is 0 Å². The number of carbonyl (C=O) groups is 3. The van der Waals surface area contributed by atoms with Crippen LogP contribution in [0.1, 0.15) is 20.3 Å². The Morgan fingerprint density at radius 3 is 2.61 bits per heavy atom. The summed E-state index contributed by atoms with van der Waals surface area (Å²) in [7, 11) is 0. The Bertz CT molecular complexity index is 766. The molecule has 1 N–H and O–H groups in total. The number of benzene rings is 1. The molecule has 0 saturated carbocycles. The van der Waals surface area contributed by atoms with Crippen molar-refractivity contribution >= 4 is 47.0 Å². The SMILES string of the molecule is CC(C)COC(=O)N1CCN(C(=O)CC2Sc3ccc(Cl)cc3NC2=O)CC1. The second-order valence-corrected chi connectivity index (χ2v) is 8.96. The van der Waals surface area contributed by atoms with Gasteiger partial charge in [-0.25, -0.2) is 4.79 Å². The number of hydrogen-bond acceptors (Lipinski definition) is 5. The largest absolute Gasteiger partial charge is 0.449 e. The molecule has 0 spiro atoms. The number of ether oxygens (including phenoxy) is 1. The predicted octanol–water partition coefficient (Wildman–Crippen LogP) is 3.08. The van der Waals surface area contributed by atoms with Gasteiger partial charge in [-0.1, -0.05) is 25.4 Å². The van der Waals surface area contributed by atoms with Crippen molar-refractivity contribution in [3.05, 3.63) is 23.2 Å². The molecule has 152 valence electrons. The maximum absolute atomic E-state index is 12.6. The van der Waals surface area contributed by atoms with E-state index in [-0.39, 0.29) is 30.2 Å². The summed E-state index contributed by atoms with van der Waals surface area (Å²) in [5, 5.41) is 2.90. The average Bonchev–Trinajstić information content (AvgIpc) is 2.67. The fraction of sp³-hybridized carbons (Fsp3) is 0.526. The van der Waals surface area contributed by atoms with Crippen LogP contribution in [0.2, 0.25) is 5.02 Å². The van der Waals surface area contributed by atoms with Gasteiger partial charge in [-0.15, -0.1) is 11.8 Å². The van der Waals surface area contributed by atoms with Crippen LogP contribution in [0.4, 0.5) is 10.5 Å². The molecule has 7 nitrogen and oxygen atoms in total. The lowest BCUT2D eigenvalue weighted by molar-refractivity contribution is -0.134. The number of halogens is 1. The van der Waals surface area contributed by atoms with Crippen LogP contribution in [0.3, 0.4) is 0 Å². The molecule has 0 bridgehead atoms. The summed E-state index contributed by atoms with van der Waals surface area (Å²) in [5.74, 6) is 0.0105. The minimum absolute atomic E-state index is 0.0831. The Hall–Kier alpha value is -1.93. The zero-order valence-electron chi connectivity index (χ0n) is 15.9. The molecule has 1 saturated heterocycles. The van der Waals surface area contributed by atoms with Crippen molar-refractivity contribution in [1.82, 2.24) is 9.80 Å². The number of hydrogen-bond donors (Lipinski definition) is 1. The second kappa shape index (κ2) is 9.05. The van der Waals surface area contributed by atoms with Crippen molar-refractivity contribution in [1.29, 1.82) is 0 Å². The first kappa shape index (κ1) is 20.8. The van der Waals surface area contributed by atoms with E-state index in [9.17, 15) is 14.4 Å². The van der Waals surface area contributed by atoms with Crippen LogP contribution in [0.5, 0.6) is 0 Å². The average molecular weight is 426 g/mol. The lowest BCUT2D eigenvalue weighted by atomic mass is 10.2. The van der Waals surface area contributed by atoms with Gasteiger partial charge in [0, 0.05) is 42.5 Å². The van der Waals surface area contributed by atoms with Gasteiger partial charge >= 0.3 is 6.09 Å². The summed E-state index contributed by atoms with van der Waals surface area (Å²) in [6.07, 6.45) is -0.214. The molecule has 0 radical (unpaired) electrons. The first-order valence-electron chi connectivity index (χ1n) is 9.30. The number of anilines is 1. The number of carbonyl (C=O) groups excluding carboxylic acids is 3. The highest BCUT2D eigenvalue weighted by Crippen LogP contribution is 2.38. The van der Waals surface area contributed by atoms with E-state index in [2.05, 4.69) is 5.32 Å². The van der Waals surface area contributed by atoms with Crippen molar-refractivity contribution in [2.24, 2.45) is 5.92 Å². The van der Waals surface area contributed by atoms with Gasteiger partial charge in [0.2, 0.25) is 11.8 Å². The molecule has 2 aliphatic heterocycles. The van der Waals surface area contributed by atoms with Crippen molar-refractivity contribution < 1.29 is 19.1 Å². The first-order valence-corrected chi connectivity index (χ1v) is 10.6. The van der Waals surface area contributed by atoms with Gasteiger partial charge in [-0.3, -0.25) is 9.59 Å². The number of thioether (sulfide) groups is 1. The second-order valence-electron chi connectivity index (χ2n) is 7.28. The molecule has 28 heavy (non-hydrogen) atoms. The number of piperazine rings is 1. The zero-order valence-corrected chi connectivity index (χ0v) is 17.5. The highest BCUT2D eigenvalue weighted by atomic mass is 35.5. The van der Waals surface area contributed by atoms with Crippen LogP contribution in [-0.2, 0) is 14.3 Å². The number of fused-ring (bicyclic) bond motifs is 1. The topological polar surface area (TPSA) is 79.0 Å². The third-order valence-electron chi connectivity index (χ3n) is 4.55. The molecule has 0 aliphatic carbocycles. The fourth-order valence-electron chi connectivity index (χ4n) is 3.01. The van der Waals surface area contributed by atoms with E-state index in [4.69, 9.17) is 16.3 Å². The van der Waals surface area contributed by atoms with E-state index < -0.39 is 5.25 Å². The maximum atomic E-state index is 12.6. The Morgan fingerprint density at radius 2 is 1.93 bits per heavy atom. The Balaban J connectivity index is 1.50. The summed E-state index contributed by atoms with van der Waals surface area (Å²) in [6.45, 7) is 6.12. The Kier molecular flexibility index (Phi) is 6.72. The molecule has 2 heterocycles. The molecule has 1 atom stereocenters. The van der Waals surface area contributed by atoms with Crippen molar-refractivity contribution in [3.63, 3.8) is 0 Å². The number of nitrogens with zero attached hydrogens (tertiary/aromatic N) is 2. The first-order chi connectivity index (χ1) is 13.3. The molecule has 1 aromatic rings. The molecular weight excluding hydrogens is 402 g/mol. The molecule has 1 unspecified atom stereocenters. The summed E-state index contributed by atoms with van der Waals surface area (Å²) in [6, 6.07) is 5.32. The van der Waals surface area contributed by atoms with Gasteiger partial charge in [0.1, 0.15) is 0 Å². The minimum Gasteiger partial charge on any atom is -0.449 e. The van der Waals surface area contributed by atoms with Crippen molar-refractivity contribution in [2.75, 3.05) is 38.1 Å². The van der Waals surface area contributed by atoms with Gasteiger partial charge in [0.15, 0.2) is 0 Å². The quantitative estimate of drug-likeness (QED) is 0.801. The molecule has 0 aromatic heterocycles. The molecule has 1 fully saturated rings. The van der Waals surface area contributed by atoms with Gasteiger partial charge < -0.3 is 19.9 Å². The normalized spacial score (nSPS) is 19.3. The van der Waals surface area contributed by atoms with Gasteiger partial charge in [-0.05, 0) is 24.1 Å². The molecule has 1 aromatic carbocycles. The van der Waals surface area contributed by atoms with Crippen LogP contribution in [0.25, 0.3) is 0 Å². The highest BCUT2D eigenvalue weighted by molar-refractivity contribution is 8.01. The van der Waals surface area contributed by atoms with E-state index >= 15 is 0 Å². The van der Waals surface area contributed by atoms with Gasteiger partial charge in [-0.2, -0.15) is 0 Å². The molecule has 2 aliphatic rings. The van der Waals surface area contributed by atoms with Crippen LogP contribution in [0, 0.1) is 5.92 Å². The van der Waals surface area contributed by atoms with E-state index in [0.29, 0.717) is 43.5 Å². The Labute approximate surface area is 173 Å². The van der Waals surface area contributed by atoms with E-state index in [1.807, 2.05) is 19.9 Å². The van der Waals surface area contributed by atoms with Crippen LogP contribution < -0.4 is 5.32 Å². The standard InChI is InChI=1S/C19H24ClN3O4S/c1-12(2)11-27-19(26)23-7-5-22(6-8-23)17(24)10-16-18(25)21-14-9-13(20)3-4-15(14)28-16/h3-4,9,12,16H,5-8,10-11H2,1-2H3,(H,21,25). The van der Waals surface area contributed by atoms with Crippen molar-refractivity contribution in [3.8, 4) is 0 Å². The minimum atomic E-state index is -0.477. The number of rotatable bonds is 4. The van der Waals surface area contributed by atoms with E-state index in [1.54, 1.807) is 21.9 Å². The Morgan fingerprint density at radius 1 is 1.25 bits per heavy atom. The molecule has 3 rings (SSSR count). The number of nitrogens with one attached hydrogen (secondary N) is 1. The fourth-order valence-corrected chi connectivity index (χ4v) is 4.27. The summed E-state index contributed by atoms with van der Waals surface area (Å²) in [4.78, 5) is 41.2. The van der Waals surface area contributed by atoms with Gasteiger partial charge in [0.05, 0.1) is 17.5 Å². The molecular formula is C19H24ClN3O4S. The van der Waals surface area contributed by atoms with E-state index in [1.165, 1.54) is 11.8 Å².